The zero-order valence-electron chi connectivity index (χ0n) is 12.9. The molecule has 3 rings (SSSR count). The van der Waals surface area contributed by atoms with Crippen molar-refractivity contribution in [1.82, 2.24) is 9.88 Å². The maximum Gasteiger partial charge on any atom is 0.213 e. The maximum atomic E-state index is 9.72. The molecule has 4 nitrogen and oxygen atoms in total. The second kappa shape index (κ2) is 6.90. The largest absolute Gasteiger partial charge is 0.481 e. The van der Waals surface area contributed by atoms with Crippen LogP contribution in [0.15, 0.2) is 48.5 Å². The SMILES string of the molecule is COc1cccc([C@H]2CN(Cc3ccccc3)C[C@H]2CO)n1. The number of rotatable bonds is 5. The number of aliphatic hydroxyl groups is 1. The second-order valence-electron chi connectivity index (χ2n) is 5.83. The molecule has 0 bridgehead atoms. The van der Waals surface area contributed by atoms with Gasteiger partial charge >= 0.3 is 0 Å². The van der Waals surface area contributed by atoms with Crippen molar-refractivity contribution in [2.24, 2.45) is 5.92 Å². The van der Waals surface area contributed by atoms with Gasteiger partial charge in [0, 0.05) is 49.8 Å². The van der Waals surface area contributed by atoms with Gasteiger partial charge in [-0.15, -0.1) is 0 Å². The van der Waals surface area contributed by atoms with Gasteiger partial charge in [-0.3, -0.25) is 4.90 Å². The van der Waals surface area contributed by atoms with Crippen LogP contribution in [0.2, 0.25) is 0 Å². The Hall–Kier alpha value is -1.91. The van der Waals surface area contributed by atoms with Gasteiger partial charge < -0.3 is 9.84 Å². The number of benzene rings is 1. The Kier molecular flexibility index (Phi) is 4.71. The third kappa shape index (κ3) is 3.29. The molecule has 2 aromatic rings. The Balaban J connectivity index is 1.74. The van der Waals surface area contributed by atoms with Crippen LogP contribution in [0.25, 0.3) is 0 Å². The summed E-state index contributed by atoms with van der Waals surface area (Å²) in [5.41, 5.74) is 2.31. The van der Waals surface area contributed by atoms with E-state index >= 15 is 0 Å². The third-order valence-corrected chi connectivity index (χ3v) is 4.33. The Labute approximate surface area is 131 Å². The lowest BCUT2D eigenvalue weighted by molar-refractivity contribution is 0.213. The molecule has 1 aliphatic rings. The summed E-state index contributed by atoms with van der Waals surface area (Å²) in [6, 6.07) is 16.3. The van der Waals surface area contributed by atoms with Crippen molar-refractivity contribution in [3.8, 4) is 5.88 Å². The summed E-state index contributed by atoms with van der Waals surface area (Å²) in [4.78, 5) is 6.94. The first kappa shape index (κ1) is 15.0. The first-order chi connectivity index (χ1) is 10.8. The Morgan fingerprint density at radius 3 is 2.68 bits per heavy atom. The first-order valence-electron chi connectivity index (χ1n) is 7.68. The molecular formula is C18H22N2O2. The molecule has 0 aliphatic carbocycles. The van der Waals surface area contributed by atoms with Gasteiger partial charge in [-0.05, 0) is 11.6 Å². The molecule has 1 N–H and O–H groups in total. The van der Waals surface area contributed by atoms with E-state index in [-0.39, 0.29) is 18.4 Å². The molecule has 1 aliphatic heterocycles. The molecule has 1 fully saturated rings. The molecule has 1 saturated heterocycles. The number of hydrogen-bond donors (Lipinski definition) is 1. The molecule has 116 valence electrons. The van der Waals surface area contributed by atoms with Crippen molar-refractivity contribution in [1.29, 1.82) is 0 Å². The molecule has 1 aromatic carbocycles. The summed E-state index contributed by atoms with van der Waals surface area (Å²) in [5.74, 6) is 1.11. The molecule has 22 heavy (non-hydrogen) atoms. The summed E-state index contributed by atoms with van der Waals surface area (Å²) in [6.45, 7) is 2.92. The van der Waals surface area contributed by atoms with Crippen LogP contribution in [0, 0.1) is 5.92 Å². The number of aromatic nitrogens is 1. The van der Waals surface area contributed by atoms with E-state index in [1.54, 1.807) is 7.11 Å². The minimum atomic E-state index is 0.189. The van der Waals surface area contributed by atoms with Gasteiger partial charge in [0.15, 0.2) is 0 Å². The van der Waals surface area contributed by atoms with Crippen molar-refractivity contribution < 1.29 is 9.84 Å². The van der Waals surface area contributed by atoms with Crippen LogP contribution in [0.1, 0.15) is 17.2 Å². The van der Waals surface area contributed by atoms with Gasteiger partial charge in [0.25, 0.3) is 0 Å². The number of aliphatic hydroxyl groups excluding tert-OH is 1. The molecule has 0 unspecified atom stereocenters. The van der Waals surface area contributed by atoms with E-state index in [0.717, 1.165) is 25.3 Å². The number of methoxy groups -OCH3 is 1. The minimum Gasteiger partial charge on any atom is -0.481 e. The predicted molar refractivity (Wildman–Crippen MR) is 85.8 cm³/mol. The molecule has 0 radical (unpaired) electrons. The Bertz CT molecular complexity index is 603. The van der Waals surface area contributed by atoms with Gasteiger partial charge in [0.05, 0.1) is 7.11 Å². The quantitative estimate of drug-likeness (QED) is 0.920. The van der Waals surface area contributed by atoms with Gasteiger partial charge in [0.2, 0.25) is 5.88 Å². The summed E-state index contributed by atoms with van der Waals surface area (Å²) in [5, 5.41) is 9.72. The van der Waals surface area contributed by atoms with Crippen LogP contribution >= 0.6 is 0 Å². The molecule has 0 saturated carbocycles. The number of pyridine rings is 1. The zero-order valence-corrected chi connectivity index (χ0v) is 12.9. The highest BCUT2D eigenvalue weighted by Crippen LogP contribution is 2.32. The monoisotopic (exact) mass is 298 g/mol. The summed E-state index contributed by atoms with van der Waals surface area (Å²) in [6.07, 6.45) is 0. The smallest absolute Gasteiger partial charge is 0.213 e. The average Bonchev–Trinajstić information content (AvgIpc) is 2.99. The molecular weight excluding hydrogens is 276 g/mol. The van der Waals surface area contributed by atoms with Crippen molar-refractivity contribution >= 4 is 0 Å². The second-order valence-corrected chi connectivity index (χ2v) is 5.83. The fraction of sp³-hybridized carbons (Fsp3) is 0.389. The van der Waals surface area contributed by atoms with Gasteiger partial charge in [-0.2, -0.15) is 0 Å². The first-order valence-corrected chi connectivity index (χ1v) is 7.68. The van der Waals surface area contributed by atoms with Crippen LogP contribution in [-0.2, 0) is 6.54 Å². The summed E-state index contributed by atoms with van der Waals surface area (Å²) < 4.78 is 5.22. The topological polar surface area (TPSA) is 45.6 Å². The highest BCUT2D eigenvalue weighted by atomic mass is 16.5. The molecule has 0 spiro atoms. The van der Waals surface area contributed by atoms with Crippen molar-refractivity contribution in [2.75, 3.05) is 26.8 Å². The van der Waals surface area contributed by atoms with E-state index in [4.69, 9.17) is 4.74 Å². The van der Waals surface area contributed by atoms with E-state index in [1.165, 1.54) is 5.56 Å². The Morgan fingerprint density at radius 2 is 1.95 bits per heavy atom. The van der Waals surface area contributed by atoms with E-state index < -0.39 is 0 Å². The van der Waals surface area contributed by atoms with E-state index in [9.17, 15) is 5.11 Å². The van der Waals surface area contributed by atoms with Gasteiger partial charge in [-0.25, -0.2) is 4.98 Å². The van der Waals surface area contributed by atoms with Crippen molar-refractivity contribution in [2.45, 2.75) is 12.5 Å². The van der Waals surface area contributed by atoms with Crippen LogP contribution < -0.4 is 4.74 Å². The maximum absolute atomic E-state index is 9.72. The third-order valence-electron chi connectivity index (χ3n) is 4.33. The van der Waals surface area contributed by atoms with Crippen molar-refractivity contribution in [3.05, 3.63) is 59.8 Å². The van der Waals surface area contributed by atoms with Crippen LogP contribution in [0.5, 0.6) is 5.88 Å². The minimum absolute atomic E-state index is 0.189. The molecule has 4 heteroatoms. The predicted octanol–water partition coefficient (Wildman–Crippen LogP) is 2.30. The fourth-order valence-electron chi connectivity index (χ4n) is 3.20. The molecule has 2 heterocycles. The fourth-order valence-corrected chi connectivity index (χ4v) is 3.20. The average molecular weight is 298 g/mol. The lowest BCUT2D eigenvalue weighted by atomic mass is 9.93. The van der Waals surface area contributed by atoms with E-state index in [1.807, 2.05) is 24.3 Å². The molecule has 2 atom stereocenters. The van der Waals surface area contributed by atoms with Gasteiger partial charge in [0.1, 0.15) is 0 Å². The number of likely N-dealkylation sites (tertiary alicyclic amines) is 1. The van der Waals surface area contributed by atoms with Crippen LogP contribution in [0.4, 0.5) is 0 Å². The van der Waals surface area contributed by atoms with Crippen LogP contribution in [0.3, 0.4) is 0 Å². The van der Waals surface area contributed by atoms with Crippen molar-refractivity contribution in [3.63, 3.8) is 0 Å². The lowest BCUT2D eigenvalue weighted by Gasteiger charge is -2.16. The number of hydrogen-bond acceptors (Lipinski definition) is 4. The van der Waals surface area contributed by atoms with E-state index in [2.05, 4.69) is 34.1 Å². The molecule has 1 aromatic heterocycles. The highest BCUT2D eigenvalue weighted by Gasteiger charge is 2.34. The summed E-state index contributed by atoms with van der Waals surface area (Å²) in [7, 11) is 1.63. The molecule has 0 amide bonds. The normalized spacial score (nSPS) is 21.9. The number of ether oxygens (including phenoxy) is 1. The van der Waals surface area contributed by atoms with E-state index in [0.29, 0.717) is 5.88 Å². The lowest BCUT2D eigenvalue weighted by Crippen LogP contribution is -2.20. The van der Waals surface area contributed by atoms with Crippen LogP contribution in [-0.4, -0.2) is 41.8 Å². The highest BCUT2D eigenvalue weighted by molar-refractivity contribution is 5.21. The Morgan fingerprint density at radius 1 is 1.14 bits per heavy atom. The van der Waals surface area contributed by atoms with Gasteiger partial charge in [-0.1, -0.05) is 36.4 Å². The zero-order chi connectivity index (χ0) is 15.4. The number of nitrogens with zero attached hydrogens (tertiary/aromatic N) is 2. The standard InChI is InChI=1S/C18H22N2O2/c1-22-18-9-5-8-17(19-18)16-12-20(11-15(16)13-21)10-14-6-3-2-4-7-14/h2-9,15-16,21H,10-13H2,1H3/t15-,16-/m0/s1. The summed E-state index contributed by atoms with van der Waals surface area (Å²) >= 11 is 0.